The highest BCUT2D eigenvalue weighted by Crippen LogP contribution is 2.32. The highest BCUT2D eigenvalue weighted by Gasteiger charge is 2.19. The SMILES string of the molecule is CC(C)(C)OC=O.NC1CCN(Cc2ccc3c(c2)OCCO3)CC1.NC1CCN(Cc2ccc3c(c2)OCCO3)CC1. The zero-order valence-corrected chi connectivity index (χ0v) is 26.1. The van der Waals surface area contributed by atoms with Crippen molar-refractivity contribution in [3.63, 3.8) is 0 Å². The van der Waals surface area contributed by atoms with E-state index >= 15 is 0 Å². The Balaban J connectivity index is 0.000000163. The van der Waals surface area contributed by atoms with Crippen LogP contribution in [0.5, 0.6) is 23.0 Å². The number of rotatable bonds is 5. The number of ether oxygens (including phenoxy) is 5. The summed E-state index contributed by atoms with van der Waals surface area (Å²) in [7, 11) is 0. The first-order chi connectivity index (χ1) is 20.7. The number of benzene rings is 2. The number of hydrogen-bond acceptors (Lipinski definition) is 10. The summed E-state index contributed by atoms with van der Waals surface area (Å²) >= 11 is 0. The third-order valence-corrected chi connectivity index (χ3v) is 7.69. The number of nitrogens with zero attached hydrogens (tertiary/aromatic N) is 2. The molecular weight excluding hydrogens is 548 g/mol. The van der Waals surface area contributed by atoms with E-state index in [0.29, 0.717) is 45.0 Å². The van der Waals surface area contributed by atoms with E-state index in [0.717, 1.165) is 87.9 Å². The Kier molecular flexibility index (Phi) is 12.3. The monoisotopic (exact) mass is 598 g/mol. The molecule has 2 aromatic carbocycles. The van der Waals surface area contributed by atoms with Gasteiger partial charge in [-0.15, -0.1) is 0 Å². The second kappa shape index (κ2) is 16.1. The number of nitrogens with two attached hydrogens (primary N) is 2. The second-order valence-corrected chi connectivity index (χ2v) is 12.5. The summed E-state index contributed by atoms with van der Waals surface area (Å²) in [5.41, 5.74) is 14.1. The van der Waals surface area contributed by atoms with Crippen LogP contribution in [-0.4, -0.2) is 86.6 Å². The second-order valence-electron chi connectivity index (χ2n) is 12.5. The average Bonchev–Trinajstić information content (AvgIpc) is 2.99. The minimum absolute atomic E-state index is 0.318. The first-order valence-electron chi connectivity index (χ1n) is 15.5. The summed E-state index contributed by atoms with van der Waals surface area (Å²) in [5, 5.41) is 0. The van der Waals surface area contributed by atoms with E-state index in [1.54, 1.807) is 0 Å². The van der Waals surface area contributed by atoms with E-state index in [-0.39, 0.29) is 5.60 Å². The smallest absolute Gasteiger partial charge is 0.293 e. The molecule has 10 nitrogen and oxygen atoms in total. The Morgan fingerprint density at radius 2 is 1.07 bits per heavy atom. The minimum Gasteiger partial charge on any atom is -0.486 e. The van der Waals surface area contributed by atoms with Gasteiger partial charge in [0, 0.05) is 25.2 Å². The van der Waals surface area contributed by atoms with Gasteiger partial charge in [0.05, 0.1) is 0 Å². The summed E-state index contributed by atoms with van der Waals surface area (Å²) in [6.45, 7) is 14.8. The molecule has 0 saturated carbocycles. The lowest BCUT2D eigenvalue weighted by atomic mass is 10.1. The minimum atomic E-state index is -0.318. The highest BCUT2D eigenvalue weighted by atomic mass is 16.6. The summed E-state index contributed by atoms with van der Waals surface area (Å²) < 4.78 is 26.8. The van der Waals surface area contributed by atoms with Gasteiger partial charge in [-0.05, 0) is 108 Å². The van der Waals surface area contributed by atoms with E-state index in [1.165, 1.54) is 11.1 Å². The van der Waals surface area contributed by atoms with Crippen molar-refractivity contribution in [2.45, 2.75) is 77.2 Å². The van der Waals surface area contributed by atoms with Crippen molar-refractivity contribution >= 4 is 6.47 Å². The molecule has 10 heteroatoms. The molecule has 2 fully saturated rings. The van der Waals surface area contributed by atoms with Crippen LogP contribution >= 0.6 is 0 Å². The molecule has 0 atom stereocenters. The van der Waals surface area contributed by atoms with Crippen LogP contribution < -0.4 is 30.4 Å². The van der Waals surface area contributed by atoms with E-state index in [2.05, 4.69) is 38.8 Å². The maximum atomic E-state index is 9.60. The quantitative estimate of drug-likeness (QED) is 0.493. The molecule has 4 heterocycles. The molecule has 0 aliphatic carbocycles. The van der Waals surface area contributed by atoms with Crippen molar-refractivity contribution in [1.29, 1.82) is 0 Å². The summed E-state index contributed by atoms with van der Waals surface area (Å²) in [5.74, 6) is 3.50. The summed E-state index contributed by atoms with van der Waals surface area (Å²) in [6, 6.07) is 13.3. The number of likely N-dealkylation sites (tertiary alicyclic amines) is 2. The van der Waals surface area contributed by atoms with Crippen LogP contribution in [0.4, 0.5) is 0 Å². The fourth-order valence-corrected chi connectivity index (χ4v) is 5.26. The zero-order valence-electron chi connectivity index (χ0n) is 26.1. The molecule has 2 aromatic rings. The van der Waals surface area contributed by atoms with Crippen molar-refractivity contribution < 1.29 is 28.5 Å². The Labute approximate surface area is 256 Å². The first kappa shape index (κ1) is 32.9. The molecule has 0 spiro atoms. The molecule has 0 radical (unpaired) electrons. The molecule has 43 heavy (non-hydrogen) atoms. The first-order valence-corrected chi connectivity index (χ1v) is 15.5. The molecule has 4 N–H and O–H groups in total. The molecule has 4 aliphatic heterocycles. The molecule has 6 rings (SSSR count). The zero-order chi connectivity index (χ0) is 30.7. The van der Waals surface area contributed by atoms with Crippen LogP contribution in [0.1, 0.15) is 57.6 Å². The predicted molar refractivity (Wildman–Crippen MR) is 167 cm³/mol. The Morgan fingerprint density at radius 1 is 0.698 bits per heavy atom. The Morgan fingerprint density at radius 3 is 1.40 bits per heavy atom. The van der Waals surface area contributed by atoms with Crippen LogP contribution in [0.15, 0.2) is 36.4 Å². The lowest BCUT2D eigenvalue weighted by Crippen LogP contribution is -2.39. The fourth-order valence-electron chi connectivity index (χ4n) is 5.26. The van der Waals surface area contributed by atoms with E-state index in [1.807, 2.05) is 32.9 Å². The standard InChI is InChI=1S/2C14H20N2O2.C5H10O2/c2*15-12-3-5-16(6-4-12)10-11-1-2-13-14(9-11)18-8-7-17-13;1-5(2,3)7-4-6/h2*1-2,9,12H,3-8,10,15H2;4H,1-3H3. The molecule has 0 aromatic heterocycles. The number of hydrogen-bond donors (Lipinski definition) is 2. The van der Waals surface area contributed by atoms with Crippen molar-refractivity contribution in [2.75, 3.05) is 52.6 Å². The Bertz CT molecular complexity index is 1060. The van der Waals surface area contributed by atoms with E-state index in [9.17, 15) is 4.79 Å². The van der Waals surface area contributed by atoms with E-state index < -0.39 is 0 Å². The van der Waals surface area contributed by atoms with Crippen molar-refractivity contribution in [3.05, 3.63) is 47.5 Å². The van der Waals surface area contributed by atoms with Crippen LogP contribution in [0.2, 0.25) is 0 Å². The van der Waals surface area contributed by atoms with Gasteiger partial charge in [0.1, 0.15) is 32.0 Å². The molecule has 0 amide bonds. The lowest BCUT2D eigenvalue weighted by molar-refractivity contribution is -0.138. The van der Waals surface area contributed by atoms with E-state index in [4.69, 9.17) is 30.4 Å². The van der Waals surface area contributed by atoms with Gasteiger partial charge < -0.3 is 35.2 Å². The summed E-state index contributed by atoms with van der Waals surface area (Å²) in [4.78, 5) is 14.5. The summed E-state index contributed by atoms with van der Waals surface area (Å²) in [6.07, 6.45) is 4.41. The van der Waals surface area contributed by atoms with Gasteiger partial charge >= 0.3 is 0 Å². The van der Waals surface area contributed by atoms with Crippen molar-refractivity contribution in [3.8, 4) is 23.0 Å². The number of carbonyl (C=O) groups is 1. The van der Waals surface area contributed by atoms with Crippen molar-refractivity contribution in [1.82, 2.24) is 9.80 Å². The highest BCUT2D eigenvalue weighted by molar-refractivity contribution is 5.44. The van der Waals surface area contributed by atoms with Gasteiger partial charge in [-0.3, -0.25) is 14.6 Å². The van der Waals surface area contributed by atoms with Gasteiger partial charge in [0.2, 0.25) is 0 Å². The topological polar surface area (TPSA) is 122 Å². The third-order valence-electron chi connectivity index (χ3n) is 7.69. The van der Waals surface area contributed by atoms with Gasteiger partial charge in [-0.2, -0.15) is 0 Å². The fraction of sp³-hybridized carbons (Fsp3) is 0.606. The maximum Gasteiger partial charge on any atom is 0.293 e. The molecule has 238 valence electrons. The van der Waals surface area contributed by atoms with Crippen LogP contribution in [0.25, 0.3) is 0 Å². The molecule has 4 aliphatic rings. The van der Waals surface area contributed by atoms with Gasteiger partial charge in [-0.1, -0.05) is 12.1 Å². The van der Waals surface area contributed by atoms with Crippen LogP contribution in [-0.2, 0) is 22.6 Å². The number of piperidine rings is 2. The number of carbonyl (C=O) groups excluding carboxylic acids is 1. The predicted octanol–water partition coefficient (Wildman–Crippen LogP) is 3.72. The van der Waals surface area contributed by atoms with Crippen LogP contribution in [0, 0.1) is 0 Å². The average molecular weight is 599 g/mol. The third kappa shape index (κ3) is 11.2. The molecule has 0 bridgehead atoms. The van der Waals surface area contributed by atoms with Gasteiger partial charge in [0.25, 0.3) is 6.47 Å². The largest absolute Gasteiger partial charge is 0.486 e. The lowest BCUT2D eigenvalue weighted by Gasteiger charge is -2.30. The maximum absolute atomic E-state index is 9.60. The van der Waals surface area contributed by atoms with Crippen molar-refractivity contribution in [2.24, 2.45) is 11.5 Å². The molecule has 2 saturated heterocycles. The van der Waals surface area contributed by atoms with Gasteiger partial charge in [0.15, 0.2) is 23.0 Å². The number of fused-ring (bicyclic) bond motifs is 2. The molecular formula is C33H50N4O6. The Hall–Kier alpha value is -3.05. The van der Waals surface area contributed by atoms with Crippen LogP contribution in [0.3, 0.4) is 0 Å². The normalized spacial score (nSPS) is 19.3. The van der Waals surface area contributed by atoms with Gasteiger partial charge in [-0.25, -0.2) is 0 Å². The molecule has 0 unspecified atom stereocenters.